The van der Waals surface area contributed by atoms with Gasteiger partial charge in [-0.3, -0.25) is 13.8 Å². The maximum Gasteiger partial charge on any atom is 0.472 e. The molecule has 0 radical (unpaired) electrons. The van der Waals surface area contributed by atoms with Crippen LogP contribution in [0.5, 0.6) is 0 Å². The van der Waals surface area contributed by atoms with Crippen molar-refractivity contribution in [1.82, 2.24) is 0 Å². The van der Waals surface area contributed by atoms with Gasteiger partial charge in [-0.25, -0.2) is 4.57 Å². The minimum absolute atomic E-state index is 0.0547. The van der Waals surface area contributed by atoms with E-state index >= 15 is 0 Å². The lowest BCUT2D eigenvalue weighted by Crippen LogP contribution is -2.29. The fourth-order valence-electron chi connectivity index (χ4n) is 7.71. The van der Waals surface area contributed by atoms with Crippen LogP contribution in [0.1, 0.15) is 264 Å². The third-order valence-electron chi connectivity index (χ3n) is 11.7. The molecule has 0 rings (SSSR count). The molecule has 0 fully saturated rings. The molecule has 0 aliphatic carbocycles. The Morgan fingerprint density at radius 3 is 1.23 bits per heavy atom. The number of phosphoric acid groups is 1. The fraction of sp³-hybridized carbons (Fsp3) is 0.941. The third-order valence-corrected chi connectivity index (χ3v) is 12.7. The zero-order valence-electron chi connectivity index (χ0n) is 40.2. The molecule has 0 aliphatic rings. The second kappa shape index (κ2) is 48.7. The molecule has 364 valence electrons. The van der Waals surface area contributed by atoms with E-state index in [0.29, 0.717) is 6.61 Å². The Balaban J connectivity index is 4.02. The van der Waals surface area contributed by atoms with E-state index in [1.165, 1.54) is 212 Å². The van der Waals surface area contributed by atoms with Gasteiger partial charge in [0.2, 0.25) is 0 Å². The lowest BCUT2D eigenvalue weighted by Gasteiger charge is -2.20. The molecule has 9 nitrogen and oxygen atoms in total. The number of hydrogen-bond acceptors (Lipinski definition) is 8. The van der Waals surface area contributed by atoms with Gasteiger partial charge in [0.15, 0.2) is 0 Å². The van der Waals surface area contributed by atoms with Crippen LogP contribution in [0.25, 0.3) is 0 Å². The predicted molar refractivity (Wildman–Crippen MR) is 256 cm³/mol. The molecule has 10 heteroatoms. The van der Waals surface area contributed by atoms with Crippen LogP contribution in [0.15, 0.2) is 12.2 Å². The highest BCUT2D eigenvalue weighted by Crippen LogP contribution is 2.43. The van der Waals surface area contributed by atoms with Crippen molar-refractivity contribution in [3.8, 4) is 0 Å². The van der Waals surface area contributed by atoms with Gasteiger partial charge in [-0.2, -0.15) is 0 Å². The molecule has 0 saturated carbocycles. The molecule has 0 bridgehead atoms. The van der Waals surface area contributed by atoms with E-state index in [4.69, 9.17) is 23.6 Å². The Morgan fingerprint density at radius 1 is 0.492 bits per heavy atom. The first-order chi connectivity index (χ1) is 29.8. The van der Waals surface area contributed by atoms with Crippen molar-refractivity contribution in [2.75, 3.05) is 33.0 Å². The summed E-state index contributed by atoms with van der Waals surface area (Å²) < 4.78 is 33.6. The van der Waals surface area contributed by atoms with Gasteiger partial charge in [-0.1, -0.05) is 231 Å². The van der Waals surface area contributed by atoms with E-state index in [9.17, 15) is 19.4 Å². The monoisotopic (exact) mass is 889 g/mol. The Morgan fingerprint density at radius 2 is 0.836 bits per heavy atom. The molecule has 0 aromatic carbocycles. The molecule has 61 heavy (non-hydrogen) atoms. The molecule has 3 atom stereocenters. The van der Waals surface area contributed by atoms with Gasteiger partial charge in [-0.15, -0.1) is 0 Å². The van der Waals surface area contributed by atoms with Gasteiger partial charge in [-0.05, 0) is 38.5 Å². The SMILES string of the molecule is CCCCCCCC/C=C\CCCCCCCCCCCCOCC(COP(=O)(O)OCC(O)CO)OC(=O)CCCCCCCCCCCCCCCCCCCCCC. The van der Waals surface area contributed by atoms with E-state index in [0.717, 1.165) is 32.1 Å². The lowest BCUT2D eigenvalue weighted by atomic mass is 10.0. The number of aliphatic hydroxyl groups is 2. The summed E-state index contributed by atoms with van der Waals surface area (Å²) in [5.74, 6) is -0.375. The Bertz CT molecular complexity index is 964. The molecular weight excluding hydrogens is 788 g/mol. The zero-order valence-corrected chi connectivity index (χ0v) is 41.1. The number of unbranched alkanes of at least 4 members (excludes halogenated alkanes) is 35. The van der Waals surface area contributed by atoms with Crippen molar-refractivity contribution >= 4 is 13.8 Å². The van der Waals surface area contributed by atoms with E-state index in [2.05, 4.69) is 26.0 Å². The highest BCUT2D eigenvalue weighted by molar-refractivity contribution is 7.47. The summed E-state index contributed by atoms with van der Waals surface area (Å²) in [4.78, 5) is 22.7. The maximum atomic E-state index is 12.7. The van der Waals surface area contributed by atoms with Crippen molar-refractivity contribution in [3.63, 3.8) is 0 Å². The molecule has 0 heterocycles. The normalized spacial score (nSPS) is 13.9. The summed E-state index contributed by atoms with van der Waals surface area (Å²) in [5.41, 5.74) is 0. The molecule has 3 N–H and O–H groups in total. The number of carbonyl (C=O) groups excluding carboxylic acids is 1. The van der Waals surface area contributed by atoms with Crippen LogP contribution >= 0.6 is 7.82 Å². The van der Waals surface area contributed by atoms with Crippen molar-refractivity contribution < 1.29 is 43.0 Å². The number of ether oxygens (including phenoxy) is 2. The third kappa shape index (κ3) is 48.5. The van der Waals surface area contributed by atoms with Crippen LogP contribution in [0.2, 0.25) is 0 Å². The Labute approximate surface area is 377 Å². The van der Waals surface area contributed by atoms with Crippen LogP contribution in [-0.2, 0) is 27.9 Å². The zero-order chi connectivity index (χ0) is 44.6. The van der Waals surface area contributed by atoms with Crippen LogP contribution in [0, 0.1) is 0 Å². The number of carbonyl (C=O) groups is 1. The summed E-state index contributed by atoms with van der Waals surface area (Å²) in [6.45, 7) is 3.58. The van der Waals surface area contributed by atoms with Crippen LogP contribution in [0.3, 0.4) is 0 Å². The quantitative estimate of drug-likeness (QED) is 0.0236. The average molecular weight is 889 g/mol. The number of allylic oxidation sites excluding steroid dienone is 2. The number of hydrogen-bond donors (Lipinski definition) is 3. The fourth-order valence-corrected chi connectivity index (χ4v) is 8.50. The van der Waals surface area contributed by atoms with Crippen molar-refractivity contribution in [2.24, 2.45) is 0 Å². The first kappa shape index (κ1) is 60.2. The van der Waals surface area contributed by atoms with Gasteiger partial charge >= 0.3 is 13.8 Å². The number of phosphoric ester groups is 1. The van der Waals surface area contributed by atoms with Gasteiger partial charge in [0.1, 0.15) is 12.2 Å². The second-order valence-electron chi connectivity index (χ2n) is 17.9. The standard InChI is InChI=1S/C51H101O9P/c1-3-5-7-9-11-13-15-17-19-21-23-25-27-29-31-33-35-37-39-41-43-51(54)60-50(48-59-61(55,56)58-46-49(53)45-52)47-57-44-42-40-38-36-34-32-30-28-26-24-22-20-18-16-14-12-10-8-6-4-2/h18,20,49-50,52-53H,3-17,19,21-48H2,1-2H3,(H,55,56)/b20-18-. The first-order valence-electron chi connectivity index (χ1n) is 26.2. The first-order valence-corrected chi connectivity index (χ1v) is 27.7. The number of esters is 1. The molecular formula is C51H101O9P. The van der Waals surface area contributed by atoms with Gasteiger partial charge in [0.25, 0.3) is 0 Å². The summed E-state index contributed by atoms with van der Waals surface area (Å²) in [6, 6.07) is 0. The van der Waals surface area contributed by atoms with Crippen molar-refractivity contribution in [2.45, 2.75) is 276 Å². The largest absolute Gasteiger partial charge is 0.472 e. The molecule has 0 aromatic heterocycles. The summed E-state index contributed by atoms with van der Waals surface area (Å²) >= 11 is 0. The average Bonchev–Trinajstić information content (AvgIpc) is 3.25. The number of rotatable bonds is 51. The Kier molecular flexibility index (Phi) is 48.0. The van der Waals surface area contributed by atoms with Crippen LogP contribution in [-0.4, -0.2) is 66.3 Å². The smallest absolute Gasteiger partial charge is 0.457 e. The number of aliphatic hydroxyl groups excluding tert-OH is 2. The summed E-state index contributed by atoms with van der Waals surface area (Å²) in [6.07, 6.45) is 51.8. The highest BCUT2D eigenvalue weighted by atomic mass is 31.2. The van der Waals surface area contributed by atoms with Gasteiger partial charge in [0, 0.05) is 13.0 Å². The minimum Gasteiger partial charge on any atom is -0.457 e. The van der Waals surface area contributed by atoms with E-state index < -0.39 is 33.2 Å². The van der Waals surface area contributed by atoms with E-state index in [1.807, 2.05) is 0 Å². The van der Waals surface area contributed by atoms with Crippen LogP contribution in [0.4, 0.5) is 0 Å². The molecule has 0 saturated heterocycles. The molecule has 3 unspecified atom stereocenters. The summed E-state index contributed by atoms with van der Waals surface area (Å²) in [5, 5.41) is 18.4. The highest BCUT2D eigenvalue weighted by Gasteiger charge is 2.26. The second-order valence-corrected chi connectivity index (χ2v) is 19.4. The molecule has 0 aliphatic heterocycles. The molecule has 0 amide bonds. The van der Waals surface area contributed by atoms with Gasteiger partial charge in [0.05, 0.1) is 26.4 Å². The van der Waals surface area contributed by atoms with Gasteiger partial charge < -0.3 is 24.6 Å². The van der Waals surface area contributed by atoms with E-state index in [-0.39, 0.29) is 25.6 Å². The van der Waals surface area contributed by atoms with Crippen molar-refractivity contribution in [3.05, 3.63) is 12.2 Å². The maximum absolute atomic E-state index is 12.7. The Hall–Kier alpha value is -0.800. The molecule has 0 aromatic rings. The lowest BCUT2D eigenvalue weighted by molar-refractivity contribution is -0.154. The van der Waals surface area contributed by atoms with Crippen LogP contribution < -0.4 is 0 Å². The topological polar surface area (TPSA) is 132 Å². The minimum atomic E-state index is -4.52. The van der Waals surface area contributed by atoms with E-state index in [1.54, 1.807) is 0 Å². The predicted octanol–water partition coefficient (Wildman–Crippen LogP) is 15.2. The van der Waals surface area contributed by atoms with Crippen molar-refractivity contribution in [1.29, 1.82) is 0 Å². The molecule has 0 spiro atoms. The summed E-state index contributed by atoms with van der Waals surface area (Å²) in [7, 11) is -4.52.